The van der Waals surface area contributed by atoms with Gasteiger partial charge >= 0.3 is 6.18 Å². The van der Waals surface area contributed by atoms with Crippen LogP contribution in [0, 0.1) is 5.92 Å². The van der Waals surface area contributed by atoms with Gasteiger partial charge in [0.15, 0.2) is 5.69 Å². The fraction of sp³-hybridized carbons (Fsp3) is 0.765. The van der Waals surface area contributed by atoms with Crippen molar-refractivity contribution in [2.75, 3.05) is 46.1 Å². The Labute approximate surface area is 154 Å². The highest BCUT2D eigenvalue weighted by atomic mass is 19.4. The highest BCUT2D eigenvalue weighted by Gasteiger charge is 2.34. The van der Waals surface area contributed by atoms with Crippen LogP contribution in [0.25, 0.3) is 0 Å². The third kappa shape index (κ3) is 5.50. The molecule has 2 aliphatic rings. The molecule has 3 rings (SSSR count). The average molecular weight is 391 g/mol. The molecule has 1 N–H and O–H groups in total. The zero-order chi connectivity index (χ0) is 19.5. The number of halogens is 3. The Bertz CT molecular complexity index is 679. The lowest BCUT2D eigenvalue weighted by atomic mass is 9.95. The molecule has 1 aromatic heterocycles. The van der Waals surface area contributed by atoms with Gasteiger partial charge in [-0.15, -0.1) is 0 Å². The summed E-state index contributed by atoms with van der Waals surface area (Å²) < 4.78 is 49.8. The van der Waals surface area contributed by atoms with Gasteiger partial charge in [-0.2, -0.15) is 13.2 Å². The van der Waals surface area contributed by atoms with E-state index < -0.39 is 23.0 Å². The molecule has 27 heavy (non-hydrogen) atoms. The first-order valence-electron chi connectivity index (χ1n) is 8.99. The number of alkyl halides is 3. The van der Waals surface area contributed by atoms with Gasteiger partial charge in [0.05, 0.1) is 32.8 Å². The van der Waals surface area contributed by atoms with Crippen molar-refractivity contribution in [1.82, 2.24) is 14.5 Å². The maximum Gasteiger partial charge on any atom is 0.433 e. The first kappa shape index (κ1) is 20.2. The third-order valence-corrected chi connectivity index (χ3v) is 4.96. The summed E-state index contributed by atoms with van der Waals surface area (Å²) in [6.45, 7) is 3.67. The summed E-state index contributed by atoms with van der Waals surface area (Å²) in [4.78, 5) is 17.4. The summed E-state index contributed by atoms with van der Waals surface area (Å²) in [6, 6.07) is 0.538. The minimum Gasteiger partial charge on any atom is -0.384 e. The molecule has 0 saturated carbocycles. The van der Waals surface area contributed by atoms with Crippen LogP contribution in [0.2, 0.25) is 0 Å². The Kier molecular flexibility index (Phi) is 6.19. The van der Waals surface area contributed by atoms with Crippen molar-refractivity contribution in [2.45, 2.75) is 31.2 Å². The third-order valence-electron chi connectivity index (χ3n) is 4.96. The second kappa shape index (κ2) is 8.26. The summed E-state index contributed by atoms with van der Waals surface area (Å²) >= 11 is 0. The zero-order valence-corrected chi connectivity index (χ0v) is 15.0. The van der Waals surface area contributed by atoms with Gasteiger partial charge in [0.1, 0.15) is 5.60 Å². The fourth-order valence-corrected chi connectivity index (χ4v) is 3.51. The average Bonchev–Trinajstić information content (AvgIpc) is 2.82. The summed E-state index contributed by atoms with van der Waals surface area (Å²) in [7, 11) is 0. The van der Waals surface area contributed by atoms with Crippen molar-refractivity contribution < 1.29 is 27.8 Å². The summed E-state index contributed by atoms with van der Waals surface area (Å²) in [5.74, 6) is 0.175. The van der Waals surface area contributed by atoms with Gasteiger partial charge in [0.25, 0.3) is 5.56 Å². The van der Waals surface area contributed by atoms with Crippen molar-refractivity contribution in [2.24, 2.45) is 5.92 Å². The Morgan fingerprint density at radius 3 is 2.41 bits per heavy atom. The normalized spacial score (nSPS) is 22.5. The zero-order valence-electron chi connectivity index (χ0n) is 15.0. The van der Waals surface area contributed by atoms with Crippen LogP contribution in [0.15, 0.2) is 17.2 Å². The molecule has 0 radical (unpaired) electrons. The molecule has 0 bridgehead atoms. The summed E-state index contributed by atoms with van der Waals surface area (Å²) in [6.07, 6.45) is -2.08. The van der Waals surface area contributed by atoms with Crippen molar-refractivity contribution in [3.05, 3.63) is 28.4 Å². The van der Waals surface area contributed by atoms with E-state index in [1.54, 1.807) is 0 Å². The van der Waals surface area contributed by atoms with Crippen molar-refractivity contribution in [3.63, 3.8) is 0 Å². The molecule has 0 aromatic carbocycles. The lowest BCUT2D eigenvalue weighted by Gasteiger charge is -2.37. The Hall–Kier alpha value is -1.49. The molecule has 3 heterocycles. The SMILES string of the molecule is O=c1cc(C(F)(F)F)ncn1CC1CCN(CC2(O)COCCOC2)CC1. The lowest BCUT2D eigenvalue weighted by molar-refractivity contribution is -0.141. The molecular formula is C17H24F3N3O4. The summed E-state index contributed by atoms with van der Waals surface area (Å²) in [5.41, 5.74) is -2.89. The number of aliphatic hydroxyl groups is 1. The quantitative estimate of drug-likeness (QED) is 0.817. The van der Waals surface area contributed by atoms with Gasteiger partial charge in [0.2, 0.25) is 0 Å². The number of β-amino-alcohol motifs (C(OH)–C–C–N with tert-alkyl or cyclic N) is 1. The minimum atomic E-state index is -4.62. The maximum atomic E-state index is 12.6. The smallest absolute Gasteiger partial charge is 0.384 e. The Morgan fingerprint density at radius 2 is 1.85 bits per heavy atom. The second-order valence-electron chi connectivity index (χ2n) is 7.31. The van der Waals surface area contributed by atoms with E-state index in [2.05, 4.69) is 9.88 Å². The van der Waals surface area contributed by atoms with Crippen LogP contribution in [0.3, 0.4) is 0 Å². The van der Waals surface area contributed by atoms with Crippen molar-refractivity contribution >= 4 is 0 Å². The van der Waals surface area contributed by atoms with E-state index in [9.17, 15) is 23.1 Å². The number of aromatic nitrogens is 2. The van der Waals surface area contributed by atoms with E-state index in [0.717, 1.165) is 32.3 Å². The standard InChI is InChI=1S/C17H24F3N3O4/c18-17(19,20)14-7-15(24)23(12-21-14)8-13-1-3-22(4-2-13)9-16(25)10-26-5-6-27-11-16/h7,12-13,25H,1-6,8-11H2. The van der Waals surface area contributed by atoms with E-state index in [1.165, 1.54) is 4.57 Å². The van der Waals surface area contributed by atoms with Gasteiger partial charge < -0.3 is 19.5 Å². The molecule has 152 valence electrons. The van der Waals surface area contributed by atoms with Gasteiger partial charge in [-0.05, 0) is 31.8 Å². The monoisotopic (exact) mass is 391 g/mol. The van der Waals surface area contributed by atoms with Crippen molar-refractivity contribution in [3.8, 4) is 0 Å². The van der Waals surface area contributed by atoms with Crippen molar-refractivity contribution in [1.29, 1.82) is 0 Å². The molecule has 2 fully saturated rings. The van der Waals surface area contributed by atoms with Crippen LogP contribution in [-0.2, 0) is 22.2 Å². The number of ether oxygens (including phenoxy) is 2. The van der Waals surface area contributed by atoms with Gasteiger partial charge in [0, 0.05) is 19.2 Å². The predicted octanol–water partition coefficient (Wildman–Crippen LogP) is 0.752. The van der Waals surface area contributed by atoms with Crippen LogP contribution in [0.1, 0.15) is 18.5 Å². The molecule has 0 amide bonds. The molecular weight excluding hydrogens is 367 g/mol. The molecule has 1 aromatic rings. The largest absolute Gasteiger partial charge is 0.433 e. The highest BCUT2D eigenvalue weighted by Crippen LogP contribution is 2.26. The first-order valence-corrected chi connectivity index (χ1v) is 8.99. The first-order chi connectivity index (χ1) is 12.8. The second-order valence-corrected chi connectivity index (χ2v) is 7.31. The van der Waals surface area contributed by atoms with E-state index in [0.29, 0.717) is 32.4 Å². The molecule has 0 spiro atoms. The highest BCUT2D eigenvalue weighted by molar-refractivity contribution is 5.03. The number of piperidine rings is 1. The molecule has 0 unspecified atom stereocenters. The maximum absolute atomic E-state index is 12.6. The number of hydrogen-bond acceptors (Lipinski definition) is 6. The molecule has 2 saturated heterocycles. The number of rotatable bonds is 4. The van der Waals surface area contributed by atoms with Gasteiger partial charge in [-0.1, -0.05) is 0 Å². The van der Waals surface area contributed by atoms with E-state index in [4.69, 9.17) is 9.47 Å². The van der Waals surface area contributed by atoms with E-state index in [1.807, 2.05) is 0 Å². The lowest BCUT2D eigenvalue weighted by Crippen LogP contribution is -2.51. The van der Waals surface area contributed by atoms with Crippen LogP contribution in [0.5, 0.6) is 0 Å². The molecule has 2 aliphatic heterocycles. The molecule has 0 atom stereocenters. The predicted molar refractivity (Wildman–Crippen MR) is 89.3 cm³/mol. The van der Waals surface area contributed by atoms with E-state index >= 15 is 0 Å². The van der Waals surface area contributed by atoms with Gasteiger partial charge in [-0.3, -0.25) is 9.36 Å². The number of likely N-dealkylation sites (tertiary alicyclic amines) is 1. The van der Waals surface area contributed by atoms with Crippen LogP contribution < -0.4 is 5.56 Å². The molecule has 10 heteroatoms. The number of nitrogens with zero attached hydrogens (tertiary/aromatic N) is 3. The Morgan fingerprint density at radius 1 is 1.22 bits per heavy atom. The summed E-state index contributed by atoms with van der Waals surface area (Å²) in [5, 5.41) is 10.6. The van der Waals surface area contributed by atoms with Crippen LogP contribution >= 0.6 is 0 Å². The fourth-order valence-electron chi connectivity index (χ4n) is 3.51. The Balaban J connectivity index is 1.52. The van der Waals surface area contributed by atoms with Crippen LogP contribution in [0.4, 0.5) is 13.2 Å². The van der Waals surface area contributed by atoms with Crippen LogP contribution in [-0.4, -0.2) is 71.2 Å². The minimum absolute atomic E-state index is 0.175. The molecule has 7 nitrogen and oxygen atoms in total. The number of hydrogen-bond donors (Lipinski definition) is 1. The van der Waals surface area contributed by atoms with Gasteiger partial charge in [-0.25, -0.2) is 4.98 Å². The van der Waals surface area contributed by atoms with E-state index in [-0.39, 0.29) is 19.1 Å². The topological polar surface area (TPSA) is 76.8 Å². The molecule has 0 aliphatic carbocycles.